The number of halogens is 1. The molecule has 0 bridgehead atoms. The molecule has 1 amide bonds. The van der Waals surface area contributed by atoms with Gasteiger partial charge in [-0.1, -0.05) is 0 Å². The Morgan fingerprint density at radius 1 is 1.40 bits per heavy atom. The van der Waals surface area contributed by atoms with Gasteiger partial charge in [0.25, 0.3) is 5.91 Å². The van der Waals surface area contributed by atoms with Gasteiger partial charge in [-0.05, 0) is 40.2 Å². The van der Waals surface area contributed by atoms with Crippen molar-refractivity contribution >= 4 is 33.2 Å². The van der Waals surface area contributed by atoms with Crippen molar-refractivity contribution in [1.82, 2.24) is 0 Å². The van der Waals surface area contributed by atoms with Gasteiger partial charge in [-0.3, -0.25) is 14.9 Å². The maximum atomic E-state index is 11.8. The van der Waals surface area contributed by atoms with Crippen LogP contribution < -0.4 is 10.1 Å². The van der Waals surface area contributed by atoms with Crippen LogP contribution in [0.15, 0.2) is 39.4 Å². The topological polar surface area (TPSA) is 94.6 Å². The van der Waals surface area contributed by atoms with Gasteiger partial charge in [0, 0.05) is 11.8 Å². The molecular formula is C12H9BrN2O5. The van der Waals surface area contributed by atoms with Crippen LogP contribution in [0.5, 0.6) is 5.75 Å². The maximum Gasteiger partial charge on any atom is 0.312 e. The Morgan fingerprint density at radius 2 is 2.15 bits per heavy atom. The van der Waals surface area contributed by atoms with Crippen molar-refractivity contribution in [3.8, 4) is 5.75 Å². The monoisotopic (exact) mass is 340 g/mol. The van der Waals surface area contributed by atoms with Crippen LogP contribution >= 0.6 is 15.9 Å². The second-order valence-corrected chi connectivity index (χ2v) is 4.48. The van der Waals surface area contributed by atoms with Crippen LogP contribution in [0.4, 0.5) is 11.4 Å². The highest BCUT2D eigenvalue weighted by Crippen LogP contribution is 2.29. The van der Waals surface area contributed by atoms with E-state index in [1.807, 2.05) is 0 Å². The molecule has 7 nitrogen and oxygen atoms in total. The molecule has 0 aliphatic heterocycles. The van der Waals surface area contributed by atoms with Gasteiger partial charge >= 0.3 is 5.69 Å². The fraction of sp³-hybridized carbons (Fsp3) is 0.0833. The van der Waals surface area contributed by atoms with E-state index in [2.05, 4.69) is 21.2 Å². The summed E-state index contributed by atoms with van der Waals surface area (Å²) in [5.74, 6) is -0.292. The molecule has 0 spiro atoms. The quantitative estimate of drug-likeness (QED) is 0.681. The summed E-state index contributed by atoms with van der Waals surface area (Å²) in [6.07, 6.45) is 0. The van der Waals surface area contributed by atoms with Gasteiger partial charge < -0.3 is 14.5 Å². The lowest BCUT2D eigenvalue weighted by Crippen LogP contribution is -2.11. The second-order valence-electron chi connectivity index (χ2n) is 3.70. The number of rotatable bonds is 4. The summed E-state index contributed by atoms with van der Waals surface area (Å²) in [6, 6.07) is 7.19. The van der Waals surface area contributed by atoms with Gasteiger partial charge in [0.2, 0.25) is 0 Å². The summed E-state index contributed by atoms with van der Waals surface area (Å²) in [4.78, 5) is 22.1. The molecule has 1 heterocycles. The van der Waals surface area contributed by atoms with Crippen molar-refractivity contribution in [2.24, 2.45) is 0 Å². The molecule has 8 heteroatoms. The van der Waals surface area contributed by atoms with Gasteiger partial charge in [0.05, 0.1) is 12.0 Å². The Morgan fingerprint density at radius 3 is 2.70 bits per heavy atom. The first-order valence-corrected chi connectivity index (χ1v) is 6.19. The minimum Gasteiger partial charge on any atom is -0.490 e. The zero-order valence-corrected chi connectivity index (χ0v) is 11.8. The van der Waals surface area contributed by atoms with Crippen molar-refractivity contribution in [2.45, 2.75) is 0 Å². The number of anilines is 1. The van der Waals surface area contributed by atoms with Gasteiger partial charge in [-0.15, -0.1) is 0 Å². The fourth-order valence-electron chi connectivity index (χ4n) is 1.54. The number of amides is 1. The lowest BCUT2D eigenvalue weighted by molar-refractivity contribution is -0.385. The van der Waals surface area contributed by atoms with E-state index >= 15 is 0 Å². The Balaban J connectivity index is 2.23. The highest BCUT2D eigenvalue weighted by atomic mass is 79.9. The number of furan rings is 1. The number of nitro benzene ring substituents is 1. The summed E-state index contributed by atoms with van der Waals surface area (Å²) in [5.41, 5.74) is 0.0425. The molecule has 0 unspecified atom stereocenters. The Kier molecular flexibility index (Phi) is 4.04. The third kappa shape index (κ3) is 2.97. The number of methoxy groups -OCH3 is 1. The van der Waals surface area contributed by atoms with Crippen LogP contribution in [0.3, 0.4) is 0 Å². The predicted octanol–water partition coefficient (Wildman–Crippen LogP) is 3.21. The van der Waals surface area contributed by atoms with Crippen LogP contribution in [0.2, 0.25) is 0 Å². The first kappa shape index (κ1) is 14.1. The SMILES string of the molecule is COc1ccc(NC(=O)c2ccc(Br)o2)cc1[N+](=O)[O-]. The van der Waals surface area contributed by atoms with E-state index in [-0.39, 0.29) is 22.9 Å². The minimum absolute atomic E-state index is 0.0929. The molecule has 0 aliphatic carbocycles. The summed E-state index contributed by atoms with van der Waals surface area (Å²) in [6.45, 7) is 0. The van der Waals surface area contributed by atoms with Gasteiger partial charge in [-0.2, -0.15) is 0 Å². The lowest BCUT2D eigenvalue weighted by Gasteiger charge is -2.05. The first-order chi connectivity index (χ1) is 9.51. The summed E-state index contributed by atoms with van der Waals surface area (Å²) < 4.78 is 10.4. The van der Waals surface area contributed by atoms with Crippen molar-refractivity contribution < 1.29 is 18.9 Å². The normalized spacial score (nSPS) is 10.1. The molecule has 1 aromatic carbocycles. The Labute approximate surface area is 121 Å². The van der Waals surface area contributed by atoms with Crippen LogP contribution in [0.25, 0.3) is 0 Å². The Bertz CT molecular complexity index is 668. The standard InChI is InChI=1S/C12H9BrN2O5/c1-19-9-3-2-7(6-8(9)15(17)18)14-12(16)10-4-5-11(13)20-10/h2-6H,1H3,(H,14,16). The molecule has 20 heavy (non-hydrogen) atoms. The van der Waals surface area contributed by atoms with Crippen LogP contribution in [0.1, 0.15) is 10.6 Å². The molecule has 2 aromatic rings. The van der Waals surface area contributed by atoms with E-state index in [9.17, 15) is 14.9 Å². The summed E-state index contributed by atoms with van der Waals surface area (Å²) in [5, 5.41) is 13.4. The van der Waals surface area contributed by atoms with Crippen molar-refractivity contribution in [3.63, 3.8) is 0 Å². The smallest absolute Gasteiger partial charge is 0.312 e. The number of nitrogens with one attached hydrogen (secondary N) is 1. The molecule has 2 rings (SSSR count). The van der Waals surface area contributed by atoms with E-state index in [4.69, 9.17) is 9.15 Å². The number of nitro groups is 1. The van der Waals surface area contributed by atoms with Crippen molar-refractivity contribution in [3.05, 3.63) is 50.9 Å². The van der Waals surface area contributed by atoms with Gasteiger partial charge in [0.1, 0.15) is 0 Å². The molecule has 0 atom stereocenters. The molecule has 104 valence electrons. The summed E-state index contributed by atoms with van der Waals surface area (Å²) >= 11 is 3.08. The van der Waals surface area contributed by atoms with E-state index < -0.39 is 10.8 Å². The predicted molar refractivity (Wildman–Crippen MR) is 74.0 cm³/mol. The number of hydrogen-bond acceptors (Lipinski definition) is 5. The molecule has 0 aliphatic rings. The zero-order chi connectivity index (χ0) is 14.7. The average molecular weight is 341 g/mol. The van der Waals surface area contributed by atoms with E-state index in [0.29, 0.717) is 4.67 Å². The largest absolute Gasteiger partial charge is 0.490 e. The second kappa shape index (κ2) is 5.74. The molecule has 0 saturated heterocycles. The number of benzene rings is 1. The van der Waals surface area contributed by atoms with Crippen molar-refractivity contribution in [2.75, 3.05) is 12.4 Å². The molecule has 0 fully saturated rings. The number of carbonyl (C=O) groups is 1. The van der Waals surface area contributed by atoms with Crippen molar-refractivity contribution in [1.29, 1.82) is 0 Å². The molecule has 0 radical (unpaired) electrons. The fourth-order valence-corrected chi connectivity index (χ4v) is 1.85. The number of ether oxygens (including phenoxy) is 1. The third-order valence-corrected chi connectivity index (χ3v) is 2.86. The van der Waals surface area contributed by atoms with Gasteiger partial charge in [-0.25, -0.2) is 0 Å². The zero-order valence-electron chi connectivity index (χ0n) is 10.3. The first-order valence-electron chi connectivity index (χ1n) is 5.40. The van der Waals surface area contributed by atoms with E-state index in [1.54, 1.807) is 6.07 Å². The molecule has 0 saturated carbocycles. The van der Waals surface area contributed by atoms with E-state index in [0.717, 1.165) is 0 Å². The highest BCUT2D eigenvalue weighted by molar-refractivity contribution is 9.10. The number of nitrogens with zero attached hydrogens (tertiary/aromatic N) is 1. The molecule has 1 N–H and O–H groups in total. The number of carbonyl (C=O) groups excluding carboxylic acids is 1. The lowest BCUT2D eigenvalue weighted by atomic mass is 10.2. The van der Waals surface area contributed by atoms with Crippen LogP contribution in [0, 0.1) is 10.1 Å². The van der Waals surface area contributed by atoms with Crippen LogP contribution in [-0.4, -0.2) is 17.9 Å². The maximum absolute atomic E-state index is 11.8. The van der Waals surface area contributed by atoms with E-state index in [1.165, 1.54) is 31.4 Å². The third-order valence-electron chi connectivity index (χ3n) is 2.43. The average Bonchev–Trinajstić information content (AvgIpc) is 2.85. The number of hydrogen-bond donors (Lipinski definition) is 1. The van der Waals surface area contributed by atoms with Gasteiger partial charge in [0.15, 0.2) is 16.2 Å². The Hall–Kier alpha value is -2.35. The summed E-state index contributed by atoms with van der Waals surface area (Å²) in [7, 11) is 1.33. The minimum atomic E-state index is -0.585. The molecule has 1 aromatic heterocycles. The molecular weight excluding hydrogens is 332 g/mol. The van der Waals surface area contributed by atoms with Crippen LogP contribution in [-0.2, 0) is 0 Å². The highest BCUT2D eigenvalue weighted by Gasteiger charge is 2.17.